The summed E-state index contributed by atoms with van der Waals surface area (Å²) in [6.45, 7) is 0.375. The number of nitriles is 1. The minimum Gasteiger partial charge on any atom is -0.486 e. The molecular formula is C35H43FN4O5. The maximum absolute atomic E-state index is 14.9. The van der Waals surface area contributed by atoms with Crippen LogP contribution in [0.5, 0.6) is 5.75 Å². The molecule has 2 heterocycles. The number of carbonyl (C=O) groups is 4. The molecule has 2 aliphatic heterocycles. The topological polar surface area (TPSA) is 129 Å². The van der Waals surface area contributed by atoms with Gasteiger partial charge in [0.15, 0.2) is 5.78 Å². The Morgan fingerprint density at radius 3 is 2.36 bits per heavy atom. The Kier molecular flexibility index (Phi) is 8.07. The molecule has 7 aliphatic rings. The molecule has 9 nitrogen and oxygen atoms in total. The van der Waals surface area contributed by atoms with Gasteiger partial charge in [-0.3, -0.25) is 19.2 Å². The fourth-order valence-electron chi connectivity index (χ4n) is 10.5. The van der Waals surface area contributed by atoms with E-state index in [1.807, 2.05) is 0 Å². The summed E-state index contributed by atoms with van der Waals surface area (Å²) in [5.74, 6) is 0.256. The third kappa shape index (κ3) is 5.83. The van der Waals surface area contributed by atoms with E-state index >= 15 is 0 Å². The second kappa shape index (κ2) is 12.0. The van der Waals surface area contributed by atoms with Gasteiger partial charge in [-0.1, -0.05) is 0 Å². The van der Waals surface area contributed by atoms with E-state index < -0.39 is 18.0 Å². The lowest BCUT2D eigenvalue weighted by atomic mass is 9.46. The summed E-state index contributed by atoms with van der Waals surface area (Å²) in [4.78, 5) is 56.2. The van der Waals surface area contributed by atoms with Crippen LogP contribution in [0.3, 0.4) is 0 Å². The molecule has 1 unspecified atom stereocenters. The van der Waals surface area contributed by atoms with E-state index in [2.05, 4.69) is 16.7 Å². The first-order chi connectivity index (χ1) is 21.7. The third-order valence-electron chi connectivity index (χ3n) is 12.0. The Labute approximate surface area is 263 Å². The number of halogens is 1. The smallest absolute Gasteiger partial charge is 0.244 e. The molecule has 0 spiro atoms. The monoisotopic (exact) mass is 618 g/mol. The molecule has 2 N–H and O–H groups in total. The first-order valence-electron chi connectivity index (χ1n) is 16.9. The zero-order valence-electron chi connectivity index (χ0n) is 25.7. The van der Waals surface area contributed by atoms with Crippen molar-refractivity contribution in [2.24, 2.45) is 40.9 Å². The highest BCUT2D eigenvalue weighted by atomic mass is 19.1. The highest BCUT2D eigenvalue weighted by Crippen LogP contribution is 2.64. The third-order valence-corrected chi connectivity index (χ3v) is 12.0. The van der Waals surface area contributed by atoms with Crippen LogP contribution in [0, 0.1) is 58.1 Å². The first kappa shape index (κ1) is 30.2. The van der Waals surface area contributed by atoms with Crippen LogP contribution in [0.4, 0.5) is 4.39 Å². The molecule has 1 aromatic carbocycles. The number of hydrogen-bond acceptors (Lipinski definition) is 6. The fraction of sp³-hybridized carbons (Fsp3) is 0.686. The number of ketones is 1. The van der Waals surface area contributed by atoms with Gasteiger partial charge in [0, 0.05) is 24.9 Å². The molecule has 45 heavy (non-hydrogen) atoms. The molecule has 10 heteroatoms. The lowest BCUT2D eigenvalue weighted by Gasteiger charge is -2.59. The molecule has 7 fully saturated rings. The lowest BCUT2D eigenvalue weighted by Crippen LogP contribution is -2.59. The Balaban J connectivity index is 1.11. The van der Waals surface area contributed by atoms with E-state index in [-0.39, 0.29) is 72.1 Å². The van der Waals surface area contributed by atoms with E-state index in [0.717, 1.165) is 38.5 Å². The number of likely N-dealkylation sites (tertiary alicyclic amines) is 1. The van der Waals surface area contributed by atoms with Crippen LogP contribution < -0.4 is 15.4 Å². The number of piperidine rings is 1. The van der Waals surface area contributed by atoms with Gasteiger partial charge in [-0.2, -0.15) is 5.26 Å². The van der Waals surface area contributed by atoms with Gasteiger partial charge in [-0.05, 0) is 124 Å². The molecule has 1 aromatic rings. The van der Waals surface area contributed by atoms with E-state index in [9.17, 15) is 28.8 Å². The SMILES string of the molecule is N#C[C@H](CC1CCNC1=O)NC(=O)[C@@H]1[C@H]2CC[C@H](C2)N1C(=O)[C@@H](CC(=O)COc1ccc(F)cc1)C12CC3CC(CC(C3)C1)C2. The number of carbonyl (C=O) groups excluding carboxylic acids is 4. The summed E-state index contributed by atoms with van der Waals surface area (Å²) < 4.78 is 19.1. The summed E-state index contributed by atoms with van der Waals surface area (Å²) >= 11 is 0. The van der Waals surface area contributed by atoms with Crippen molar-refractivity contribution in [2.45, 2.75) is 95.2 Å². The number of fused-ring (bicyclic) bond motifs is 2. The van der Waals surface area contributed by atoms with Gasteiger partial charge in [0.2, 0.25) is 17.7 Å². The van der Waals surface area contributed by atoms with Crippen molar-refractivity contribution in [3.8, 4) is 11.8 Å². The van der Waals surface area contributed by atoms with Crippen molar-refractivity contribution in [1.82, 2.24) is 15.5 Å². The summed E-state index contributed by atoms with van der Waals surface area (Å²) in [6.07, 6.45) is 9.83. The van der Waals surface area contributed by atoms with Gasteiger partial charge in [0.1, 0.15) is 30.3 Å². The van der Waals surface area contributed by atoms with Crippen LogP contribution in [-0.4, -0.2) is 59.7 Å². The van der Waals surface area contributed by atoms with Gasteiger partial charge in [0.25, 0.3) is 0 Å². The van der Waals surface area contributed by atoms with Crippen molar-refractivity contribution < 1.29 is 28.3 Å². The van der Waals surface area contributed by atoms with Crippen molar-refractivity contribution in [2.75, 3.05) is 13.2 Å². The molecule has 2 saturated heterocycles. The largest absolute Gasteiger partial charge is 0.486 e. The van der Waals surface area contributed by atoms with Crippen LogP contribution in [0.15, 0.2) is 24.3 Å². The number of amides is 3. The number of nitrogens with one attached hydrogen (secondary N) is 2. The van der Waals surface area contributed by atoms with E-state index in [1.54, 1.807) is 4.90 Å². The Bertz CT molecular complexity index is 1360. The zero-order chi connectivity index (χ0) is 31.3. The van der Waals surface area contributed by atoms with Gasteiger partial charge in [-0.25, -0.2) is 4.39 Å². The van der Waals surface area contributed by atoms with Crippen LogP contribution in [0.25, 0.3) is 0 Å². The Hall–Kier alpha value is -3.48. The number of Topliss-reactive ketones (excluding diaryl/α,β-unsaturated/α-hetero) is 1. The maximum Gasteiger partial charge on any atom is 0.244 e. The van der Waals surface area contributed by atoms with E-state index in [1.165, 1.54) is 43.5 Å². The molecule has 5 saturated carbocycles. The second-order valence-electron chi connectivity index (χ2n) is 14.9. The van der Waals surface area contributed by atoms with Crippen molar-refractivity contribution in [3.05, 3.63) is 30.1 Å². The average Bonchev–Trinajstić information content (AvgIpc) is 3.75. The van der Waals surface area contributed by atoms with Crippen LogP contribution >= 0.6 is 0 Å². The second-order valence-corrected chi connectivity index (χ2v) is 14.9. The minimum absolute atomic E-state index is 0.0163. The number of nitrogens with zero attached hydrogens (tertiary/aromatic N) is 2. The minimum atomic E-state index is -0.813. The quantitative estimate of drug-likeness (QED) is 0.387. The van der Waals surface area contributed by atoms with E-state index in [0.29, 0.717) is 36.5 Å². The predicted octanol–water partition coefficient (Wildman–Crippen LogP) is 3.91. The normalized spacial score (nSPS) is 35.5. The molecular weight excluding hydrogens is 575 g/mol. The number of benzene rings is 1. The highest BCUT2D eigenvalue weighted by molar-refractivity contribution is 5.93. The number of hydrogen-bond donors (Lipinski definition) is 2. The summed E-state index contributed by atoms with van der Waals surface area (Å²) in [5.41, 5.74) is -0.259. The van der Waals surface area contributed by atoms with Gasteiger partial charge >= 0.3 is 0 Å². The van der Waals surface area contributed by atoms with Gasteiger partial charge < -0.3 is 20.3 Å². The maximum atomic E-state index is 14.9. The van der Waals surface area contributed by atoms with E-state index in [4.69, 9.17) is 4.74 Å². The zero-order valence-corrected chi connectivity index (χ0v) is 25.7. The highest BCUT2D eigenvalue weighted by Gasteiger charge is 2.59. The molecule has 5 aliphatic carbocycles. The molecule has 6 bridgehead atoms. The fourth-order valence-corrected chi connectivity index (χ4v) is 10.5. The van der Waals surface area contributed by atoms with Crippen molar-refractivity contribution in [3.63, 3.8) is 0 Å². The first-order valence-corrected chi connectivity index (χ1v) is 16.9. The Morgan fingerprint density at radius 2 is 1.73 bits per heavy atom. The average molecular weight is 619 g/mol. The number of ether oxygens (including phenoxy) is 1. The molecule has 3 amide bonds. The number of rotatable bonds is 11. The molecule has 240 valence electrons. The van der Waals surface area contributed by atoms with Crippen molar-refractivity contribution in [1.29, 1.82) is 5.26 Å². The summed E-state index contributed by atoms with van der Waals surface area (Å²) in [6, 6.07) is 6.17. The molecule has 8 rings (SSSR count). The molecule has 0 aromatic heterocycles. The van der Waals surface area contributed by atoms with Crippen LogP contribution in [0.1, 0.15) is 77.0 Å². The van der Waals surface area contributed by atoms with Gasteiger partial charge in [-0.15, -0.1) is 0 Å². The summed E-state index contributed by atoms with van der Waals surface area (Å²) in [7, 11) is 0. The Morgan fingerprint density at radius 1 is 1.04 bits per heavy atom. The molecule has 0 radical (unpaired) electrons. The molecule has 6 atom stereocenters. The van der Waals surface area contributed by atoms with Gasteiger partial charge in [0.05, 0.1) is 12.0 Å². The van der Waals surface area contributed by atoms with Crippen molar-refractivity contribution >= 4 is 23.5 Å². The lowest BCUT2D eigenvalue weighted by molar-refractivity contribution is -0.161. The predicted molar refractivity (Wildman–Crippen MR) is 161 cm³/mol. The summed E-state index contributed by atoms with van der Waals surface area (Å²) in [5, 5.41) is 15.5. The van der Waals surface area contributed by atoms with Crippen LogP contribution in [-0.2, 0) is 19.2 Å². The standard InChI is InChI=1S/C35H43FN4O5/c36-25-2-5-29(6-3-25)45-19-28(41)14-30(35-15-20-9-21(16-35)11-22(10-20)17-35)34(44)40-27-4-1-23(13-27)31(40)33(43)39-26(18-37)12-24-7-8-38-32(24)42/h2-3,5-6,20-24,26-27,30-31H,1,4,7-17,19H2,(H,38,42)(H,39,43)/t20?,21?,22?,23-,24?,26-,27+,30+,31-,35?/m0/s1. The van der Waals surface area contributed by atoms with Crippen LogP contribution in [0.2, 0.25) is 0 Å².